The molecule has 25 heavy (non-hydrogen) atoms. The van der Waals surface area contributed by atoms with Crippen LogP contribution in [0.15, 0.2) is 24.3 Å². The van der Waals surface area contributed by atoms with Crippen LogP contribution in [-0.2, 0) is 13.8 Å². The molecule has 2 rings (SSSR count). The van der Waals surface area contributed by atoms with Crippen molar-refractivity contribution in [3.05, 3.63) is 34.4 Å². The van der Waals surface area contributed by atoms with Crippen LogP contribution in [0.3, 0.4) is 0 Å². The molecule has 0 radical (unpaired) electrons. The highest BCUT2D eigenvalue weighted by Gasteiger charge is 2.45. The average Bonchev–Trinajstić information content (AvgIpc) is 2.54. The molecule has 1 aliphatic heterocycles. The zero-order chi connectivity index (χ0) is 18.8. The second kappa shape index (κ2) is 7.72. The molecule has 0 bridgehead atoms. The van der Waals surface area contributed by atoms with Gasteiger partial charge in [0.05, 0.1) is 19.4 Å². The quantitative estimate of drug-likeness (QED) is 0.271. The average molecular weight is 379 g/mol. The Hall–Kier alpha value is -1.63. The number of non-ortho nitro benzene ring substituents is 1. The number of ether oxygens (including phenoxy) is 2. The maximum atomic E-state index is 10.6. The number of aliphatic hydroxyl groups is 3. The molecule has 0 spiro atoms. The number of hydrogen-bond acceptors (Lipinski definition) is 11. The molecule has 0 amide bonds. The number of nitro benzene ring substituents is 1. The van der Waals surface area contributed by atoms with E-state index in [1.807, 2.05) is 0 Å². The van der Waals surface area contributed by atoms with Gasteiger partial charge in [-0.2, -0.15) is 0 Å². The van der Waals surface area contributed by atoms with Crippen LogP contribution in [0.4, 0.5) is 5.69 Å². The highest BCUT2D eigenvalue weighted by Crippen LogP contribution is 2.29. The van der Waals surface area contributed by atoms with E-state index >= 15 is 0 Å². The summed E-state index contributed by atoms with van der Waals surface area (Å²) in [6, 6.07) is 4.67. The topological polar surface area (TPSA) is 195 Å². The Morgan fingerprint density at radius 2 is 1.72 bits per heavy atom. The van der Waals surface area contributed by atoms with Crippen LogP contribution in [0.2, 0.25) is 0 Å². The summed E-state index contributed by atoms with van der Waals surface area (Å²) >= 11 is 0. The first-order valence-electron chi connectivity index (χ1n) is 6.86. The van der Waals surface area contributed by atoms with Crippen LogP contribution in [-0.4, -0.2) is 57.6 Å². The van der Waals surface area contributed by atoms with E-state index in [-0.39, 0.29) is 11.4 Å². The van der Waals surface area contributed by atoms with Crippen LogP contribution in [0.1, 0.15) is 0 Å². The summed E-state index contributed by atoms with van der Waals surface area (Å²) in [5, 5.41) is 40.0. The molecule has 1 aliphatic rings. The van der Waals surface area contributed by atoms with E-state index in [2.05, 4.69) is 4.52 Å². The third-order valence-electron chi connectivity index (χ3n) is 3.37. The Balaban J connectivity index is 2.07. The van der Waals surface area contributed by atoms with Gasteiger partial charge in [0.1, 0.15) is 30.2 Å². The van der Waals surface area contributed by atoms with Crippen molar-refractivity contribution in [3.63, 3.8) is 0 Å². The lowest BCUT2D eigenvalue weighted by Gasteiger charge is -2.41. The minimum atomic E-state index is -5.34. The van der Waals surface area contributed by atoms with E-state index < -0.39 is 50.1 Å². The summed E-state index contributed by atoms with van der Waals surface area (Å²) in [5.41, 5.74) is -0.208. The van der Waals surface area contributed by atoms with Gasteiger partial charge in [-0.05, 0) is 12.1 Å². The summed E-state index contributed by atoms with van der Waals surface area (Å²) < 4.78 is 24.9. The van der Waals surface area contributed by atoms with E-state index in [1.54, 1.807) is 0 Å². The number of nitrogens with zero attached hydrogens (tertiary/aromatic N) is 1. The third kappa shape index (κ3) is 5.17. The lowest BCUT2D eigenvalue weighted by Crippen LogP contribution is -2.60. The van der Waals surface area contributed by atoms with Gasteiger partial charge in [0.15, 0.2) is 0 Å². The number of phosphoric ester groups is 1. The number of phosphoric acid groups is 1. The lowest BCUT2D eigenvalue weighted by atomic mass is 9.99. The van der Waals surface area contributed by atoms with Crippen molar-refractivity contribution in [2.75, 3.05) is 6.61 Å². The van der Waals surface area contributed by atoms with E-state index in [0.29, 0.717) is 0 Å². The van der Waals surface area contributed by atoms with E-state index in [0.717, 1.165) is 12.1 Å². The fraction of sp³-hybridized carbons (Fsp3) is 0.500. The van der Waals surface area contributed by atoms with E-state index in [1.165, 1.54) is 12.1 Å². The molecular weight excluding hydrogens is 365 g/mol. The summed E-state index contributed by atoms with van der Waals surface area (Å²) in [7, 11) is -5.34. The van der Waals surface area contributed by atoms with Crippen LogP contribution in [0.5, 0.6) is 5.75 Å². The molecule has 1 saturated heterocycles. The zero-order valence-corrected chi connectivity index (χ0v) is 13.3. The molecule has 1 heterocycles. The largest absolute Gasteiger partial charge is 0.790 e. The number of nitro groups is 1. The summed E-state index contributed by atoms with van der Waals surface area (Å²) in [6.07, 6.45) is -8.25. The Morgan fingerprint density at radius 3 is 2.24 bits per heavy atom. The highest BCUT2D eigenvalue weighted by atomic mass is 31.2. The van der Waals surface area contributed by atoms with Crippen molar-refractivity contribution in [1.29, 1.82) is 0 Å². The minimum absolute atomic E-state index is 0.0382. The first-order chi connectivity index (χ1) is 11.6. The zero-order valence-electron chi connectivity index (χ0n) is 12.4. The van der Waals surface area contributed by atoms with Gasteiger partial charge < -0.3 is 43.7 Å². The van der Waals surface area contributed by atoms with E-state index in [4.69, 9.17) is 9.47 Å². The molecule has 12 nitrogen and oxygen atoms in total. The molecule has 13 heteroatoms. The van der Waals surface area contributed by atoms with Crippen molar-refractivity contribution in [2.45, 2.75) is 30.7 Å². The molecule has 3 N–H and O–H groups in total. The molecule has 1 aromatic carbocycles. The van der Waals surface area contributed by atoms with Crippen LogP contribution in [0.25, 0.3) is 0 Å². The van der Waals surface area contributed by atoms with Crippen LogP contribution < -0.4 is 14.5 Å². The normalized spacial score (nSPS) is 30.0. The van der Waals surface area contributed by atoms with Gasteiger partial charge in [-0.15, -0.1) is 0 Å². The molecule has 0 aliphatic carbocycles. The first kappa shape index (κ1) is 19.7. The van der Waals surface area contributed by atoms with Gasteiger partial charge in [0.25, 0.3) is 5.69 Å². The second-order valence-corrected chi connectivity index (χ2v) is 6.28. The van der Waals surface area contributed by atoms with Crippen molar-refractivity contribution in [2.24, 2.45) is 0 Å². The molecular formula is C12H14NO11P-2. The summed E-state index contributed by atoms with van der Waals surface area (Å²) in [4.78, 5) is 31.0. The first-order valence-corrected chi connectivity index (χ1v) is 8.32. The van der Waals surface area contributed by atoms with Gasteiger partial charge in [0.2, 0.25) is 6.29 Å². The number of hydrogen-bond donors (Lipinski definition) is 3. The fourth-order valence-corrected chi connectivity index (χ4v) is 2.43. The number of benzene rings is 1. The molecule has 140 valence electrons. The van der Waals surface area contributed by atoms with Gasteiger partial charge in [-0.1, -0.05) is 0 Å². The lowest BCUT2D eigenvalue weighted by molar-refractivity contribution is -0.384. The molecule has 0 saturated carbocycles. The predicted octanol–water partition coefficient (Wildman–Crippen LogP) is -2.37. The second-order valence-electron chi connectivity index (χ2n) is 5.13. The Kier molecular flexibility index (Phi) is 6.08. The molecule has 1 aromatic rings. The van der Waals surface area contributed by atoms with E-state index in [9.17, 15) is 39.8 Å². The number of aliphatic hydroxyl groups excluding tert-OH is 3. The van der Waals surface area contributed by atoms with Crippen LogP contribution in [0, 0.1) is 10.1 Å². The molecule has 1 fully saturated rings. The standard InChI is InChI=1S/C12H16NO11P/c14-9-8(5-22-25(19,20)21)24-12(11(16)10(9)15)23-7-3-1-6(2-4-7)13(17)18/h1-4,8-12,14-16H,5H2,(H2,19,20,21)/p-2/t8-,9-,10+,11-,12+/m1/s1. The Morgan fingerprint density at radius 1 is 1.12 bits per heavy atom. The number of rotatable bonds is 6. The van der Waals surface area contributed by atoms with Gasteiger partial charge in [-0.3, -0.25) is 10.1 Å². The highest BCUT2D eigenvalue weighted by molar-refractivity contribution is 7.43. The van der Waals surface area contributed by atoms with Gasteiger partial charge in [0, 0.05) is 12.1 Å². The monoisotopic (exact) mass is 379 g/mol. The summed E-state index contributed by atoms with van der Waals surface area (Å²) in [5.74, 6) is 0.0382. The van der Waals surface area contributed by atoms with Crippen molar-refractivity contribution in [3.8, 4) is 5.75 Å². The third-order valence-corrected chi connectivity index (χ3v) is 3.83. The minimum Gasteiger partial charge on any atom is -0.790 e. The maximum Gasteiger partial charge on any atom is 0.269 e. The van der Waals surface area contributed by atoms with Gasteiger partial charge >= 0.3 is 0 Å². The smallest absolute Gasteiger partial charge is 0.269 e. The maximum absolute atomic E-state index is 10.6. The van der Waals surface area contributed by atoms with Crippen LogP contribution >= 0.6 is 7.82 Å². The Bertz CT molecular complexity index is 647. The van der Waals surface area contributed by atoms with Crippen molar-refractivity contribution < 1.29 is 48.6 Å². The predicted molar refractivity (Wildman–Crippen MR) is 74.0 cm³/mol. The van der Waals surface area contributed by atoms with Crippen molar-refractivity contribution in [1.82, 2.24) is 0 Å². The van der Waals surface area contributed by atoms with Crippen molar-refractivity contribution >= 4 is 13.5 Å². The molecule has 0 unspecified atom stereocenters. The summed E-state index contributed by atoms with van der Waals surface area (Å²) in [6.45, 7) is -0.894. The Labute approximate surface area is 140 Å². The molecule has 0 aromatic heterocycles. The fourth-order valence-electron chi connectivity index (χ4n) is 2.10. The molecule has 5 atom stereocenters. The van der Waals surface area contributed by atoms with Gasteiger partial charge in [-0.25, -0.2) is 0 Å². The SMILES string of the molecule is O=[N+]([O-])c1ccc(O[C@H]2O[C@H](COP(=O)([O-])[O-])[C@@H](O)[C@H](O)[C@H]2O)cc1.